The second kappa shape index (κ2) is 10.2. The number of piperazine rings is 1. The van der Waals surface area contributed by atoms with Crippen molar-refractivity contribution < 1.29 is 14.3 Å². The standard InChI is InChI=1S/C20H31N3O3.ClH/c1-14(2)20(22-19(24)13-23-8-7-21-12-15(23)3)16-5-6-17-18(11-16)26-10-4-9-25-17;/h5-6,11,14-15,20-21H,4,7-10,12-13H2,1-3H3,(H,22,24);1H/t15-,20?;/m0./s1. The lowest BCUT2D eigenvalue weighted by Gasteiger charge is -2.34. The van der Waals surface area contributed by atoms with Gasteiger partial charge in [-0.05, 0) is 30.5 Å². The van der Waals surface area contributed by atoms with Gasteiger partial charge in [0.15, 0.2) is 11.5 Å². The van der Waals surface area contributed by atoms with Gasteiger partial charge in [-0.1, -0.05) is 19.9 Å². The Morgan fingerprint density at radius 2 is 2.04 bits per heavy atom. The van der Waals surface area contributed by atoms with Crippen LogP contribution in [0.15, 0.2) is 18.2 Å². The Morgan fingerprint density at radius 1 is 1.30 bits per heavy atom. The summed E-state index contributed by atoms with van der Waals surface area (Å²) in [5.41, 5.74) is 1.06. The molecule has 2 aliphatic heterocycles. The number of nitrogens with zero attached hydrogens (tertiary/aromatic N) is 1. The van der Waals surface area contributed by atoms with Crippen LogP contribution in [-0.4, -0.2) is 56.2 Å². The Hall–Kier alpha value is -1.50. The minimum absolute atomic E-state index is 0. The molecular formula is C20H32ClN3O3. The summed E-state index contributed by atoms with van der Waals surface area (Å²) in [6.45, 7) is 11.0. The topological polar surface area (TPSA) is 62.8 Å². The molecule has 0 saturated carbocycles. The number of rotatable bonds is 5. The van der Waals surface area contributed by atoms with E-state index in [4.69, 9.17) is 9.47 Å². The van der Waals surface area contributed by atoms with E-state index < -0.39 is 0 Å². The van der Waals surface area contributed by atoms with Crippen molar-refractivity contribution in [3.8, 4) is 11.5 Å². The third-order valence-electron chi connectivity index (χ3n) is 5.10. The molecule has 1 aromatic rings. The zero-order chi connectivity index (χ0) is 18.5. The molecule has 2 heterocycles. The van der Waals surface area contributed by atoms with Crippen LogP contribution in [0, 0.1) is 5.92 Å². The van der Waals surface area contributed by atoms with Crippen LogP contribution in [0.2, 0.25) is 0 Å². The zero-order valence-electron chi connectivity index (χ0n) is 16.5. The van der Waals surface area contributed by atoms with E-state index in [1.807, 2.05) is 18.2 Å². The molecule has 3 rings (SSSR count). The van der Waals surface area contributed by atoms with Gasteiger partial charge in [-0.2, -0.15) is 0 Å². The molecule has 1 amide bonds. The molecule has 2 aliphatic rings. The van der Waals surface area contributed by atoms with E-state index >= 15 is 0 Å². The lowest BCUT2D eigenvalue weighted by Crippen LogP contribution is -2.53. The van der Waals surface area contributed by atoms with Gasteiger partial charge in [-0.25, -0.2) is 0 Å². The molecule has 152 valence electrons. The first-order valence-electron chi connectivity index (χ1n) is 9.68. The fourth-order valence-electron chi connectivity index (χ4n) is 3.53. The van der Waals surface area contributed by atoms with Crippen molar-refractivity contribution in [3.63, 3.8) is 0 Å². The predicted octanol–water partition coefficient (Wildman–Crippen LogP) is 2.38. The quantitative estimate of drug-likeness (QED) is 0.798. The molecule has 0 aromatic heterocycles. The van der Waals surface area contributed by atoms with Gasteiger partial charge in [0.05, 0.1) is 25.8 Å². The largest absolute Gasteiger partial charge is 0.490 e. The molecule has 1 unspecified atom stereocenters. The highest BCUT2D eigenvalue weighted by Gasteiger charge is 2.24. The van der Waals surface area contributed by atoms with Gasteiger partial charge < -0.3 is 20.1 Å². The number of benzene rings is 1. The fourth-order valence-corrected chi connectivity index (χ4v) is 3.53. The van der Waals surface area contributed by atoms with Gasteiger partial charge >= 0.3 is 0 Å². The number of halogens is 1. The normalized spacial score (nSPS) is 21.1. The van der Waals surface area contributed by atoms with Crippen molar-refractivity contribution in [1.29, 1.82) is 0 Å². The number of fused-ring (bicyclic) bond motifs is 1. The van der Waals surface area contributed by atoms with E-state index in [-0.39, 0.29) is 30.3 Å². The van der Waals surface area contributed by atoms with E-state index in [9.17, 15) is 4.79 Å². The lowest BCUT2D eigenvalue weighted by atomic mass is 9.95. The monoisotopic (exact) mass is 397 g/mol. The van der Waals surface area contributed by atoms with E-state index in [0.717, 1.165) is 43.1 Å². The van der Waals surface area contributed by atoms with Crippen LogP contribution >= 0.6 is 12.4 Å². The van der Waals surface area contributed by atoms with Crippen molar-refractivity contribution in [2.75, 3.05) is 39.4 Å². The Labute approximate surface area is 168 Å². The van der Waals surface area contributed by atoms with Crippen LogP contribution in [0.4, 0.5) is 0 Å². The van der Waals surface area contributed by atoms with Crippen molar-refractivity contribution in [1.82, 2.24) is 15.5 Å². The van der Waals surface area contributed by atoms with Crippen LogP contribution in [0.1, 0.15) is 38.8 Å². The Morgan fingerprint density at radius 3 is 2.74 bits per heavy atom. The molecular weight excluding hydrogens is 366 g/mol. The van der Waals surface area contributed by atoms with Crippen LogP contribution < -0.4 is 20.1 Å². The maximum absolute atomic E-state index is 12.7. The molecule has 0 aliphatic carbocycles. The zero-order valence-corrected chi connectivity index (χ0v) is 17.3. The van der Waals surface area contributed by atoms with Gasteiger partial charge in [0.2, 0.25) is 5.91 Å². The molecule has 2 atom stereocenters. The molecule has 1 saturated heterocycles. The number of carbonyl (C=O) groups is 1. The molecule has 0 spiro atoms. The molecule has 0 bridgehead atoms. The third-order valence-corrected chi connectivity index (χ3v) is 5.10. The Bertz CT molecular complexity index is 626. The van der Waals surface area contributed by atoms with E-state index in [2.05, 4.69) is 36.3 Å². The van der Waals surface area contributed by atoms with Gasteiger partial charge in [-0.15, -0.1) is 12.4 Å². The van der Waals surface area contributed by atoms with Crippen molar-refractivity contribution in [2.45, 2.75) is 39.3 Å². The van der Waals surface area contributed by atoms with E-state index in [1.54, 1.807) is 0 Å². The van der Waals surface area contributed by atoms with E-state index in [1.165, 1.54) is 0 Å². The Balaban J connectivity index is 0.00000261. The third kappa shape index (κ3) is 5.74. The predicted molar refractivity (Wildman–Crippen MR) is 109 cm³/mol. The van der Waals surface area contributed by atoms with Crippen molar-refractivity contribution in [3.05, 3.63) is 23.8 Å². The van der Waals surface area contributed by atoms with Gasteiger partial charge in [0.25, 0.3) is 0 Å². The molecule has 0 radical (unpaired) electrons. The second-order valence-corrected chi connectivity index (χ2v) is 7.57. The van der Waals surface area contributed by atoms with Crippen LogP contribution in [0.5, 0.6) is 11.5 Å². The summed E-state index contributed by atoms with van der Waals surface area (Å²) in [5.74, 6) is 1.92. The minimum atomic E-state index is -0.0436. The number of nitrogens with one attached hydrogen (secondary N) is 2. The summed E-state index contributed by atoms with van der Waals surface area (Å²) in [6, 6.07) is 6.34. The van der Waals surface area contributed by atoms with Crippen LogP contribution in [0.3, 0.4) is 0 Å². The van der Waals surface area contributed by atoms with Gasteiger partial charge in [0.1, 0.15) is 0 Å². The number of hydrogen-bond donors (Lipinski definition) is 2. The molecule has 1 fully saturated rings. The summed E-state index contributed by atoms with van der Waals surface area (Å²) in [5, 5.41) is 6.58. The average molecular weight is 398 g/mol. The maximum atomic E-state index is 12.7. The minimum Gasteiger partial charge on any atom is -0.490 e. The van der Waals surface area contributed by atoms with E-state index in [0.29, 0.717) is 25.8 Å². The fraction of sp³-hybridized carbons (Fsp3) is 0.650. The highest BCUT2D eigenvalue weighted by Crippen LogP contribution is 2.34. The average Bonchev–Trinajstić information content (AvgIpc) is 2.86. The first-order valence-corrected chi connectivity index (χ1v) is 9.68. The summed E-state index contributed by atoms with van der Waals surface area (Å²) < 4.78 is 11.5. The number of amides is 1. The molecule has 2 N–H and O–H groups in total. The van der Waals surface area contributed by atoms with Crippen molar-refractivity contribution >= 4 is 18.3 Å². The molecule has 27 heavy (non-hydrogen) atoms. The highest BCUT2D eigenvalue weighted by atomic mass is 35.5. The van der Waals surface area contributed by atoms with Gasteiger partial charge in [0, 0.05) is 32.1 Å². The lowest BCUT2D eigenvalue weighted by molar-refractivity contribution is -0.124. The summed E-state index contributed by atoms with van der Waals surface area (Å²) in [7, 11) is 0. The summed E-state index contributed by atoms with van der Waals surface area (Å²) in [6.07, 6.45) is 0.886. The van der Waals surface area contributed by atoms with Crippen molar-refractivity contribution in [2.24, 2.45) is 5.92 Å². The molecule has 1 aromatic carbocycles. The molecule has 7 heteroatoms. The first kappa shape index (κ1) is 21.8. The number of carbonyl (C=O) groups excluding carboxylic acids is 1. The second-order valence-electron chi connectivity index (χ2n) is 7.57. The van der Waals surface area contributed by atoms with Gasteiger partial charge in [-0.3, -0.25) is 9.69 Å². The Kier molecular flexibility index (Phi) is 8.20. The van der Waals surface area contributed by atoms with Crippen LogP contribution in [-0.2, 0) is 4.79 Å². The van der Waals surface area contributed by atoms with Crippen LogP contribution in [0.25, 0.3) is 0 Å². The summed E-state index contributed by atoms with van der Waals surface area (Å²) >= 11 is 0. The summed E-state index contributed by atoms with van der Waals surface area (Å²) in [4.78, 5) is 14.9. The molecule has 6 nitrogen and oxygen atoms in total. The maximum Gasteiger partial charge on any atom is 0.234 e. The number of ether oxygens (including phenoxy) is 2. The number of hydrogen-bond acceptors (Lipinski definition) is 5. The first-order chi connectivity index (χ1) is 12.5. The smallest absolute Gasteiger partial charge is 0.234 e. The highest BCUT2D eigenvalue weighted by molar-refractivity contribution is 5.85. The SMILES string of the molecule is CC(C)C(NC(=O)CN1CCNC[C@@H]1C)c1ccc2c(c1)OCCCO2.Cl.